The normalized spacial score (nSPS) is 18.9. The smallest absolute Gasteiger partial charge is 0.246 e. The maximum Gasteiger partial charge on any atom is 0.246 e. The molecule has 2 amide bonds. The fourth-order valence-corrected chi connectivity index (χ4v) is 4.48. The number of methoxy groups -OCH3 is 2. The summed E-state index contributed by atoms with van der Waals surface area (Å²) in [6.07, 6.45) is 7.39. The zero-order valence-electron chi connectivity index (χ0n) is 22.7. The van der Waals surface area contributed by atoms with E-state index in [1.807, 2.05) is 41.3 Å². The highest BCUT2D eigenvalue weighted by Gasteiger charge is 2.16. The van der Waals surface area contributed by atoms with Crippen LogP contribution in [0.25, 0.3) is 6.08 Å². The van der Waals surface area contributed by atoms with E-state index in [0.29, 0.717) is 44.0 Å². The summed E-state index contributed by atoms with van der Waals surface area (Å²) < 4.78 is 10.7. The molecule has 1 saturated heterocycles. The van der Waals surface area contributed by atoms with Crippen molar-refractivity contribution in [3.63, 3.8) is 0 Å². The van der Waals surface area contributed by atoms with Crippen LogP contribution < -0.4 is 25.4 Å². The number of nitrogens with zero attached hydrogens (tertiary/aromatic N) is 1. The molecule has 1 aliphatic heterocycles. The molecule has 0 radical (unpaired) electrons. The molecule has 0 bridgehead atoms. The zero-order chi connectivity index (χ0) is 27.0. The molecule has 0 unspecified atom stereocenters. The van der Waals surface area contributed by atoms with Crippen molar-refractivity contribution in [2.75, 3.05) is 53.5 Å². The molecule has 8 heteroatoms. The minimum Gasteiger partial charge on any atom is -0.493 e. The minimum absolute atomic E-state index is 0.0139. The van der Waals surface area contributed by atoms with Gasteiger partial charge in [0.05, 0.1) is 14.2 Å². The average molecular weight is 523 g/mol. The van der Waals surface area contributed by atoms with Crippen LogP contribution in [0.4, 0.5) is 0 Å². The minimum atomic E-state index is -0.0367. The van der Waals surface area contributed by atoms with Gasteiger partial charge in [0.1, 0.15) is 0 Å². The van der Waals surface area contributed by atoms with Crippen molar-refractivity contribution >= 4 is 17.9 Å². The Bertz CT molecular complexity index is 1030. The van der Waals surface area contributed by atoms with Crippen molar-refractivity contribution in [1.82, 2.24) is 20.9 Å². The first-order valence-corrected chi connectivity index (χ1v) is 13.6. The Labute approximate surface area is 226 Å². The van der Waals surface area contributed by atoms with E-state index in [4.69, 9.17) is 9.47 Å². The van der Waals surface area contributed by atoms with E-state index in [-0.39, 0.29) is 17.9 Å². The highest BCUT2D eigenvalue weighted by molar-refractivity contribution is 5.91. The van der Waals surface area contributed by atoms with Crippen LogP contribution in [-0.2, 0) is 9.59 Å². The summed E-state index contributed by atoms with van der Waals surface area (Å²) in [6, 6.07) is 15.7. The number of benzene rings is 2. The van der Waals surface area contributed by atoms with Gasteiger partial charge in [-0.3, -0.25) is 9.59 Å². The number of rotatable bonds is 5. The molecule has 38 heavy (non-hydrogen) atoms. The van der Waals surface area contributed by atoms with Gasteiger partial charge in [0, 0.05) is 38.2 Å². The Morgan fingerprint density at radius 2 is 1.66 bits per heavy atom. The molecule has 1 aliphatic rings. The third kappa shape index (κ3) is 9.84. The molecule has 1 fully saturated rings. The van der Waals surface area contributed by atoms with Gasteiger partial charge in [-0.15, -0.1) is 0 Å². The standard InChI is InChI=1S/C30H42N4O4/c1-37-27-14-12-24(22-28(27)38-2)13-15-30(36)34-20-7-6-16-31-17-8-18-32-26(25-10-4-3-5-11-25)23-29(35)33-19-9-21-34/h3-5,10-15,22,26,31-32H,6-9,16-21,23H2,1-2H3,(H,33,35)/b15-13-/t26-/m0/s1. The summed E-state index contributed by atoms with van der Waals surface area (Å²) in [5.74, 6) is 1.25. The van der Waals surface area contributed by atoms with Crippen LogP contribution in [0.15, 0.2) is 54.6 Å². The monoisotopic (exact) mass is 522 g/mol. The summed E-state index contributed by atoms with van der Waals surface area (Å²) in [5, 5.41) is 10.1. The number of nitrogens with one attached hydrogen (secondary N) is 3. The van der Waals surface area contributed by atoms with E-state index >= 15 is 0 Å². The van der Waals surface area contributed by atoms with Crippen molar-refractivity contribution in [2.24, 2.45) is 0 Å². The van der Waals surface area contributed by atoms with Gasteiger partial charge in [0.2, 0.25) is 11.8 Å². The first kappa shape index (κ1) is 29.2. The number of ether oxygens (including phenoxy) is 2. The van der Waals surface area contributed by atoms with Gasteiger partial charge < -0.3 is 30.3 Å². The quantitative estimate of drug-likeness (QED) is 0.521. The highest BCUT2D eigenvalue weighted by Crippen LogP contribution is 2.28. The number of carbonyl (C=O) groups excluding carboxylic acids is 2. The van der Waals surface area contributed by atoms with E-state index in [1.165, 1.54) is 0 Å². The van der Waals surface area contributed by atoms with Gasteiger partial charge in [-0.05, 0) is 74.7 Å². The third-order valence-corrected chi connectivity index (χ3v) is 6.61. The molecule has 8 nitrogen and oxygen atoms in total. The molecule has 1 atom stereocenters. The number of hydrogen-bond donors (Lipinski definition) is 3. The van der Waals surface area contributed by atoms with Crippen molar-refractivity contribution in [2.45, 2.75) is 38.1 Å². The first-order chi connectivity index (χ1) is 18.6. The summed E-state index contributed by atoms with van der Waals surface area (Å²) in [6.45, 7) is 4.48. The van der Waals surface area contributed by atoms with E-state index in [9.17, 15) is 9.59 Å². The molecule has 3 rings (SSSR count). The van der Waals surface area contributed by atoms with Crippen LogP contribution in [0.3, 0.4) is 0 Å². The van der Waals surface area contributed by atoms with Crippen LogP contribution in [0.1, 0.15) is 49.3 Å². The topological polar surface area (TPSA) is 91.9 Å². The van der Waals surface area contributed by atoms with E-state index in [1.54, 1.807) is 26.4 Å². The summed E-state index contributed by atoms with van der Waals surface area (Å²) >= 11 is 0. The Balaban J connectivity index is 1.60. The number of hydrogen-bond acceptors (Lipinski definition) is 6. The lowest BCUT2D eigenvalue weighted by Gasteiger charge is -2.22. The third-order valence-electron chi connectivity index (χ3n) is 6.61. The van der Waals surface area contributed by atoms with Crippen molar-refractivity contribution < 1.29 is 19.1 Å². The fourth-order valence-electron chi connectivity index (χ4n) is 4.48. The fraction of sp³-hybridized carbons (Fsp3) is 0.467. The van der Waals surface area contributed by atoms with Gasteiger partial charge in [-0.25, -0.2) is 0 Å². The second-order valence-corrected chi connectivity index (χ2v) is 9.41. The van der Waals surface area contributed by atoms with Gasteiger partial charge >= 0.3 is 0 Å². The Hall–Kier alpha value is -3.36. The van der Waals surface area contributed by atoms with Crippen molar-refractivity contribution in [3.05, 3.63) is 65.7 Å². The molecule has 0 spiro atoms. The predicted octanol–water partition coefficient (Wildman–Crippen LogP) is 3.55. The SMILES string of the molecule is COc1ccc(/C=C\C(=O)N2CCCCNCCCN[C@H](c3ccccc3)CC(=O)NCCC2)cc1OC. The molecular formula is C30H42N4O4. The maximum absolute atomic E-state index is 13.1. The largest absolute Gasteiger partial charge is 0.493 e. The Kier molecular flexibility index (Phi) is 12.7. The van der Waals surface area contributed by atoms with Gasteiger partial charge in [0.15, 0.2) is 11.5 Å². The summed E-state index contributed by atoms with van der Waals surface area (Å²) in [4.78, 5) is 27.7. The molecular weight excluding hydrogens is 480 g/mol. The van der Waals surface area contributed by atoms with Crippen molar-refractivity contribution in [3.8, 4) is 11.5 Å². The lowest BCUT2D eigenvalue weighted by atomic mass is 10.0. The summed E-state index contributed by atoms with van der Waals surface area (Å²) in [7, 11) is 3.19. The molecule has 0 saturated carbocycles. The van der Waals surface area contributed by atoms with Crippen LogP contribution in [-0.4, -0.2) is 70.2 Å². The van der Waals surface area contributed by atoms with Gasteiger partial charge in [-0.1, -0.05) is 36.4 Å². The molecule has 2 aromatic carbocycles. The lowest BCUT2D eigenvalue weighted by Crippen LogP contribution is -2.35. The molecule has 1 heterocycles. The predicted molar refractivity (Wildman–Crippen MR) is 151 cm³/mol. The highest BCUT2D eigenvalue weighted by atomic mass is 16.5. The first-order valence-electron chi connectivity index (χ1n) is 13.6. The average Bonchev–Trinajstić information content (AvgIpc) is 2.95. The maximum atomic E-state index is 13.1. The zero-order valence-corrected chi connectivity index (χ0v) is 22.7. The number of carbonyl (C=O) groups is 2. The van der Waals surface area contributed by atoms with Crippen LogP contribution in [0.2, 0.25) is 0 Å². The van der Waals surface area contributed by atoms with Crippen molar-refractivity contribution in [1.29, 1.82) is 0 Å². The van der Waals surface area contributed by atoms with Crippen LogP contribution >= 0.6 is 0 Å². The Morgan fingerprint density at radius 1 is 0.895 bits per heavy atom. The second-order valence-electron chi connectivity index (χ2n) is 9.41. The van der Waals surface area contributed by atoms with Crippen LogP contribution in [0.5, 0.6) is 11.5 Å². The second kappa shape index (κ2) is 16.5. The van der Waals surface area contributed by atoms with Crippen LogP contribution in [0, 0.1) is 0 Å². The molecule has 0 aromatic heterocycles. The van der Waals surface area contributed by atoms with Gasteiger partial charge in [-0.2, -0.15) is 0 Å². The number of amides is 2. The Morgan fingerprint density at radius 3 is 2.45 bits per heavy atom. The molecule has 3 N–H and O–H groups in total. The summed E-state index contributed by atoms with van der Waals surface area (Å²) in [5.41, 5.74) is 1.98. The molecule has 206 valence electrons. The van der Waals surface area contributed by atoms with E-state index < -0.39 is 0 Å². The molecule has 0 aliphatic carbocycles. The van der Waals surface area contributed by atoms with E-state index in [2.05, 4.69) is 28.1 Å². The lowest BCUT2D eigenvalue weighted by molar-refractivity contribution is -0.126. The molecule has 2 aromatic rings. The van der Waals surface area contributed by atoms with Gasteiger partial charge in [0.25, 0.3) is 0 Å². The van der Waals surface area contributed by atoms with E-state index in [0.717, 1.165) is 50.0 Å².